The Kier molecular flexibility index (Phi) is 8.06. The molecule has 0 aliphatic heterocycles. The number of hydrogen-bond acceptors (Lipinski definition) is 5. The van der Waals surface area contributed by atoms with Crippen molar-refractivity contribution in [2.45, 2.75) is 32.2 Å². The molecule has 7 nitrogen and oxygen atoms in total. The van der Waals surface area contributed by atoms with Gasteiger partial charge in [-0.2, -0.15) is 0 Å². The van der Waals surface area contributed by atoms with Gasteiger partial charge in [0.2, 0.25) is 0 Å². The summed E-state index contributed by atoms with van der Waals surface area (Å²) in [5.41, 5.74) is 3.06. The second-order valence-corrected chi connectivity index (χ2v) is 10.6. The van der Waals surface area contributed by atoms with Gasteiger partial charge < -0.3 is 24.9 Å². The fourth-order valence-corrected chi connectivity index (χ4v) is 4.64. The van der Waals surface area contributed by atoms with E-state index in [4.69, 9.17) is 9.15 Å². The summed E-state index contributed by atoms with van der Waals surface area (Å²) in [6.07, 6.45) is 1.24. The lowest BCUT2D eigenvalue weighted by Crippen LogP contribution is -2.45. The van der Waals surface area contributed by atoms with Crippen LogP contribution in [-0.2, 0) is 12.8 Å². The van der Waals surface area contributed by atoms with Gasteiger partial charge in [-0.25, -0.2) is 0 Å². The first-order valence-electron chi connectivity index (χ1n) is 13.5. The Morgan fingerprint density at radius 2 is 1.56 bits per heavy atom. The summed E-state index contributed by atoms with van der Waals surface area (Å²) in [7, 11) is 0. The maximum atomic E-state index is 13.3. The standard InChI is InChI=1S/C34H32N2O5/c1-34(2,22-24-8-4-3-5-9-24)36-32(38)26-14-17-28(30(21-26)40-19-18-23-12-15-27(37)16-13-23)35-33(39)31-20-25-10-6-7-11-29(25)41-31/h3-17,20-21,37H,18-19,22H2,1-2H3,(H,35,39)(H,36,38). The van der Waals surface area contributed by atoms with Crippen LogP contribution >= 0.6 is 0 Å². The minimum atomic E-state index is -0.494. The number of carbonyl (C=O) groups excluding carboxylic acids is 2. The van der Waals surface area contributed by atoms with Crippen molar-refractivity contribution in [1.82, 2.24) is 5.32 Å². The Labute approximate surface area is 238 Å². The van der Waals surface area contributed by atoms with Crippen molar-refractivity contribution < 1.29 is 23.8 Å². The summed E-state index contributed by atoms with van der Waals surface area (Å²) in [5, 5.41) is 16.4. The van der Waals surface area contributed by atoms with Crippen LogP contribution in [0.1, 0.15) is 45.9 Å². The molecule has 1 aromatic heterocycles. The normalized spacial score (nSPS) is 11.3. The Hall–Kier alpha value is -5.04. The zero-order valence-corrected chi connectivity index (χ0v) is 23.0. The van der Waals surface area contributed by atoms with Crippen molar-refractivity contribution in [3.05, 3.63) is 126 Å². The number of furan rings is 1. The van der Waals surface area contributed by atoms with E-state index in [1.165, 1.54) is 0 Å². The molecule has 1 heterocycles. The molecular formula is C34H32N2O5. The average molecular weight is 549 g/mol. The van der Waals surface area contributed by atoms with E-state index < -0.39 is 11.4 Å². The van der Waals surface area contributed by atoms with Gasteiger partial charge >= 0.3 is 0 Å². The van der Waals surface area contributed by atoms with Crippen molar-refractivity contribution in [1.29, 1.82) is 0 Å². The molecule has 0 aliphatic rings. The van der Waals surface area contributed by atoms with E-state index in [1.807, 2.05) is 74.5 Å². The van der Waals surface area contributed by atoms with Crippen LogP contribution in [0.5, 0.6) is 11.5 Å². The third-order valence-corrected chi connectivity index (χ3v) is 6.67. The van der Waals surface area contributed by atoms with E-state index in [0.29, 0.717) is 42.0 Å². The number of amides is 2. The molecular weight excluding hydrogens is 516 g/mol. The highest BCUT2D eigenvalue weighted by Gasteiger charge is 2.23. The number of phenols is 1. The number of para-hydroxylation sites is 1. The highest BCUT2D eigenvalue weighted by molar-refractivity contribution is 6.06. The number of rotatable bonds is 10. The summed E-state index contributed by atoms with van der Waals surface area (Å²) >= 11 is 0. The molecule has 0 saturated carbocycles. The molecule has 3 N–H and O–H groups in total. The fourth-order valence-electron chi connectivity index (χ4n) is 4.64. The minimum absolute atomic E-state index is 0.172. The van der Waals surface area contributed by atoms with Gasteiger partial charge in [0.15, 0.2) is 5.76 Å². The van der Waals surface area contributed by atoms with Gasteiger partial charge in [0.05, 0.1) is 12.3 Å². The number of nitrogens with one attached hydrogen (secondary N) is 2. The number of benzene rings is 4. The summed E-state index contributed by atoms with van der Waals surface area (Å²) in [6.45, 7) is 4.26. The first-order chi connectivity index (χ1) is 19.8. The highest BCUT2D eigenvalue weighted by atomic mass is 16.5. The van der Waals surface area contributed by atoms with Crippen LogP contribution in [0.3, 0.4) is 0 Å². The molecule has 0 spiro atoms. The summed E-state index contributed by atoms with van der Waals surface area (Å²) in [4.78, 5) is 26.4. The molecule has 7 heteroatoms. The van der Waals surface area contributed by atoms with Crippen LogP contribution in [0.4, 0.5) is 5.69 Å². The Morgan fingerprint density at radius 3 is 2.32 bits per heavy atom. The lowest BCUT2D eigenvalue weighted by molar-refractivity contribution is 0.0912. The first kappa shape index (κ1) is 27.5. The van der Waals surface area contributed by atoms with Crippen molar-refractivity contribution in [3.8, 4) is 11.5 Å². The molecule has 0 bridgehead atoms. The zero-order valence-electron chi connectivity index (χ0n) is 23.0. The quantitative estimate of drug-likeness (QED) is 0.179. The third kappa shape index (κ3) is 7.13. The van der Waals surface area contributed by atoms with Crippen LogP contribution < -0.4 is 15.4 Å². The van der Waals surface area contributed by atoms with Gasteiger partial charge in [0, 0.05) is 22.9 Å². The second kappa shape index (κ2) is 12.0. The van der Waals surface area contributed by atoms with Crippen molar-refractivity contribution in [2.24, 2.45) is 0 Å². The van der Waals surface area contributed by atoms with Crippen LogP contribution in [0.2, 0.25) is 0 Å². The molecule has 208 valence electrons. The highest BCUT2D eigenvalue weighted by Crippen LogP contribution is 2.28. The molecule has 0 aliphatic carbocycles. The fraction of sp³-hybridized carbons (Fsp3) is 0.176. The molecule has 0 saturated heterocycles. The lowest BCUT2D eigenvalue weighted by Gasteiger charge is -2.27. The predicted molar refractivity (Wildman–Crippen MR) is 160 cm³/mol. The zero-order chi connectivity index (χ0) is 28.8. The molecule has 4 aromatic carbocycles. The first-order valence-corrected chi connectivity index (χ1v) is 13.5. The van der Waals surface area contributed by atoms with Gasteiger partial charge in [-0.1, -0.05) is 60.7 Å². The lowest BCUT2D eigenvalue weighted by atomic mass is 9.94. The molecule has 0 fully saturated rings. The summed E-state index contributed by atoms with van der Waals surface area (Å²) in [6, 6.07) is 30.9. The number of anilines is 1. The summed E-state index contributed by atoms with van der Waals surface area (Å²) in [5.74, 6) is 0.0573. The smallest absolute Gasteiger partial charge is 0.291 e. The maximum Gasteiger partial charge on any atom is 0.291 e. The van der Waals surface area contributed by atoms with E-state index >= 15 is 0 Å². The van der Waals surface area contributed by atoms with E-state index in [-0.39, 0.29) is 17.4 Å². The molecule has 5 rings (SSSR count). The topological polar surface area (TPSA) is 101 Å². The van der Waals surface area contributed by atoms with Gasteiger partial charge in [-0.15, -0.1) is 0 Å². The number of fused-ring (bicyclic) bond motifs is 1. The molecule has 0 radical (unpaired) electrons. The van der Waals surface area contributed by atoms with E-state index in [0.717, 1.165) is 16.5 Å². The van der Waals surface area contributed by atoms with E-state index in [1.54, 1.807) is 42.5 Å². The van der Waals surface area contributed by atoms with E-state index in [9.17, 15) is 14.7 Å². The number of phenolic OH excluding ortho intramolecular Hbond substituents is 1. The number of hydrogen-bond donors (Lipinski definition) is 3. The molecule has 5 aromatic rings. The van der Waals surface area contributed by atoms with Gasteiger partial charge in [0.25, 0.3) is 11.8 Å². The molecule has 41 heavy (non-hydrogen) atoms. The predicted octanol–water partition coefficient (Wildman–Crippen LogP) is 6.76. The molecule has 2 amide bonds. The molecule has 0 unspecified atom stereocenters. The van der Waals surface area contributed by atoms with Crippen molar-refractivity contribution in [3.63, 3.8) is 0 Å². The average Bonchev–Trinajstić information content (AvgIpc) is 3.40. The second-order valence-electron chi connectivity index (χ2n) is 10.6. The SMILES string of the molecule is CC(C)(Cc1ccccc1)NC(=O)c1ccc(NC(=O)c2cc3ccccc3o2)c(OCCc2ccc(O)cc2)c1. The van der Waals surface area contributed by atoms with Gasteiger partial charge in [0.1, 0.15) is 17.1 Å². The van der Waals surface area contributed by atoms with Crippen LogP contribution in [0, 0.1) is 0 Å². The van der Waals surface area contributed by atoms with Crippen LogP contribution in [0.25, 0.3) is 11.0 Å². The summed E-state index contributed by atoms with van der Waals surface area (Å²) < 4.78 is 11.8. The molecule has 0 atom stereocenters. The Balaban J connectivity index is 1.34. The van der Waals surface area contributed by atoms with Crippen molar-refractivity contribution in [2.75, 3.05) is 11.9 Å². The Morgan fingerprint density at radius 1 is 0.829 bits per heavy atom. The Bertz CT molecular complexity index is 1620. The van der Waals surface area contributed by atoms with Gasteiger partial charge in [-0.05, 0) is 73.9 Å². The third-order valence-electron chi connectivity index (χ3n) is 6.67. The monoisotopic (exact) mass is 548 g/mol. The largest absolute Gasteiger partial charge is 0.508 e. The number of ether oxygens (including phenoxy) is 1. The van der Waals surface area contributed by atoms with Crippen LogP contribution in [0.15, 0.2) is 108 Å². The number of carbonyl (C=O) groups is 2. The van der Waals surface area contributed by atoms with E-state index in [2.05, 4.69) is 10.6 Å². The van der Waals surface area contributed by atoms with Gasteiger partial charge in [-0.3, -0.25) is 9.59 Å². The van der Waals surface area contributed by atoms with Crippen molar-refractivity contribution >= 4 is 28.5 Å². The van der Waals surface area contributed by atoms with Crippen LogP contribution in [-0.4, -0.2) is 29.1 Å². The maximum absolute atomic E-state index is 13.3. The minimum Gasteiger partial charge on any atom is -0.508 e. The number of aromatic hydroxyl groups is 1.